The standard InChI is InChI=1S/C14H13N3O4/c1-20-12-6-4-11(5-7-12)16-15-10-2-3-13-8-9-14(21-13)17(18)19/h2-10,16H,1H3/b3-2+,15-10+. The quantitative estimate of drug-likeness (QED) is 0.500. The first-order chi connectivity index (χ1) is 10.2. The first-order valence-electron chi connectivity index (χ1n) is 6.03. The summed E-state index contributed by atoms with van der Waals surface area (Å²) in [5, 5.41) is 14.4. The summed E-state index contributed by atoms with van der Waals surface area (Å²) >= 11 is 0. The fourth-order valence-electron chi connectivity index (χ4n) is 1.49. The largest absolute Gasteiger partial charge is 0.497 e. The van der Waals surface area contributed by atoms with Gasteiger partial charge in [0.05, 0.1) is 18.9 Å². The molecule has 1 aromatic heterocycles. The van der Waals surface area contributed by atoms with Gasteiger partial charge in [-0.3, -0.25) is 15.5 Å². The Morgan fingerprint density at radius 3 is 2.67 bits per heavy atom. The Kier molecular flexibility index (Phi) is 4.70. The molecule has 7 nitrogen and oxygen atoms in total. The molecule has 0 saturated carbocycles. The van der Waals surface area contributed by atoms with Crippen molar-refractivity contribution in [1.29, 1.82) is 0 Å². The molecule has 0 atom stereocenters. The van der Waals surface area contributed by atoms with E-state index in [2.05, 4.69) is 10.5 Å². The van der Waals surface area contributed by atoms with Gasteiger partial charge in [0.1, 0.15) is 16.4 Å². The van der Waals surface area contributed by atoms with E-state index in [1.54, 1.807) is 19.3 Å². The lowest BCUT2D eigenvalue weighted by Crippen LogP contribution is -1.88. The van der Waals surface area contributed by atoms with Crippen molar-refractivity contribution in [3.8, 4) is 5.75 Å². The molecule has 0 bridgehead atoms. The van der Waals surface area contributed by atoms with Crippen LogP contribution < -0.4 is 10.2 Å². The highest BCUT2D eigenvalue weighted by Gasteiger charge is 2.09. The van der Waals surface area contributed by atoms with Gasteiger partial charge in [-0.05, 0) is 42.5 Å². The van der Waals surface area contributed by atoms with Crippen LogP contribution in [0.3, 0.4) is 0 Å². The second-order valence-electron chi connectivity index (χ2n) is 3.91. The van der Waals surface area contributed by atoms with Crippen molar-refractivity contribution in [3.63, 3.8) is 0 Å². The molecule has 21 heavy (non-hydrogen) atoms. The molecule has 0 amide bonds. The number of benzene rings is 1. The van der Waals surface area contributed by atoms with Gasteiger partial charge >= 0.3 is 5.88 Å². The number of allylic oxidation sites excluding steroid dienone is 1. The number of anilines is 1. The Balaban J connectivity index is 1.86. The molecule has 2 aromatic rings. The Labute approximate surface area is 120 Å². The van der Waals surface area contributed by atoms with E-state index in [4.69, 9.17) is 9.15 Å². The van der Waals surface area contributed by atoms with Gasteiger partial charge in [-0.15, -0.1) is 0 Å². The lowest BCUT2D eigenvalue weighted by Gasteiger charge is -2.01. The summed E-state index contributed by atoms with van der Waals surface area (Å²) in [6.45, 7) is 0. The third kappa shape index (κ3) is 4.20. The van der Waals surface area contributed by atoms with Gasteiger partial charge in [-0.2, -0.15) is 5.10 Å². The van der Waals surface area contributed by atoms with Gasteiger partial charge in [-0.1, -0.05) is 0 Å². The molecule has 0 fully saturated rings. The van der Waals surface area contributed by atoms with Crippen LogP contribution in [0.5, 0.6) is 5.75 Å². The van der Waals surface area contributed by atoms with E-state index in [0.29, 0.717) is 5.76 Å². The number of nitro groups is 1. The zero-order chi connectivity index (χ0) is 15.1. The van der Waals surface area contributed by atoms with Crippen LogP contribution in [0.2, 0.25) is 0 Å². The van der Waals surface area contributed by atoms with Crippen molar-refractivity contribution in [1.82, 2.24) is 0 Å². The van der Waals surface area contributed by atoms with Crippen molar-refractivity contribution in [2.75, 3.05) is 12.5 Å². The molecule has 0 saturated heterocycles. The van der Waals surface area contributed by atoms with Crippen molar-refractivity contribution in [2.45, 2.75) is 0 Å². The van der Waals surface area contributed by atoms with Crippen molar-refractivity contribution < 1.29 is 14.1 Å². The lowest BCUT2D eigenvalue weighted by atomic mass is 10.3. The van der Waals surface area contributed by atoms with Crippen LogP contribution in [0.4, 0.5) is 11.6 Å². The van der Waals surface area contributed by atoms with E-state index in [-0.39, 0.29) is 5.88 Å². The molecule has 0 aliphatic carbocycles. The zero-order valence-electron chi connectivity index (χ0n) is 11.2. The van der Waals surface area contributed by atoms with Gasteiger partial charge < -0.3 is 9.15 Å². The van der Waals surface area contributed by atoms with E-state index in [1.165, 1.54) is 18.3 Å². The minimum absolute atomic E-state index is 0.289. The van der Waals surface area contributed by atoms with Gasteiger partial charge in [0.15, 0.2) is 0 Å². The Morgan fingerprint density at radius 2 is 2.05 bits per heavy atom. The topological polar surface area (TPSA) is 89.9 Å². The fraction of sp³-hybridized carbons (Fsp3) is 0.0714. The molecule has 1 heterocycles. The third-order valence-corrected chi connectivity index (χ3v) is 2.50. The number of hydrazone groups is 1. The van der Waals surface area contributed by atoms with Crippen LogP contribution >= 0.6 is 0 Å². The van der Waals surface area contributed by atoms with Gasteiger partial charge in [0.25, 0.3) is 0 Å². The van der Waals surface area contributed by atoms with E-state index in [1.807, 2.05) is 24.3 Å². The van der Waals surface area contributed by atoms with E-state index < -0.39 is 4.92 Å². The molecule has 1 N–H and O–H groups in total. The van der Waals surface area contributed by atoms with Gasteiger partial charge in [-0.25, -0.2) is 0 Å². The molecule has 0 unspecified atom stereocenters. The molecule has 108 valence electrons. The Hall–Kier alpha value is -3.09. The summed E-state index contributed by atoms with van der Waals surface area (Å²) in [6, 6.07) is 10.1. The van der Waals surface area contributed by atoms with Crippen molar-refractivity contribution >= 4 is 23.9 Å². The summed E-state index contributed by atoms with van der Waals surface area (Å²) in [5.74, 6) is 0.865. The Bertz CT molecular complexity index is 659. The summed E-state index contributed by atoms with van der Waals surface area (Å²) < 4.78 is 10.00. The van der Waals surface area contributed by atoms with E-state index >= 15 is 0 Å². The number of hydrogen-bond acceptors (Lipinski definition) is 6. The number of nitrogens with zero attached hydrogens (tertiary/aromatic N) is 2. The van der Waals surface area contributed by atoms with Crippen molar-refractivity contribution in [3.05, 3.63) is 58.3 Å². The number of nitrogens with one attached hydrogen (secondary N) is 1. The number of methoxy groups -OCH3 is 1. The van der Waals surface area contributed by atoms with Crippen LogP contribution in [0, 0.1) is 10.1 Å². The zero-order valence-corrected chi connectivity index (χ0v) is 11.2. The molecule has 2 rings (SSSR count). The maximum Gasteiger partial charge on any atom is 0.433 e. The molecular formula is C14H13N3O4. The van der Waals surface area contributed by atoms with Crippen LogP contribution in [-0.2, 0) is 0 Å². The average Bonchev–Trinajstić information content (AvgIpc) is 2.97. The normalized spacial score (nSPS) is 11.1. The molecule has 0 spiro atoms. The second-order valence-corrected chi connectivity index (χ2v) is 3.91. The van der Waals surface area contributed by atoms with E-state index in [9.17, 15) is 10.1 Å². The first kappa shape index (κ1) is 14.3. The average molecular weight is 287 g/mol. The fourth-order valence-corrected chi connectivity index (χ4v) is 1.49. The number of rotatable bonds is 6. The molecule has 0 aliphatic rings. The van der Waals surface area contributed by atoms with Crippen LogP contribution in [0.15, 0.2) is 52.0 Å². The highest BCUT2D eigenvalue weighted by atomic mass is 16.6. The number of furan rings is 1. The minimum atomic E-state index is -0.587. The SMILES string of the molecule is COc1ccc(N/N=C/C=C/c2ccc([N+](=O)[O-])o2)cc1. The van der Waals surface area contributed by atoms with Crippen molar-refractivity contribution in [2.24, 2.45) is 5.10 Å². The third-order valence-electron chi connectivity index (χ3n) is 2.50. The first-order valence-corrected chi connectivity index (χ1v) is 6.03. The van der Waals surface area contributed by atoms with E-state index in [0.717, 1.165) is 11.4 Å². The van der Waals surface area contributed by atoms with Crippen LogP contribution in [-0.4, -0.2) is 18.2 Å². The maximum atomic E-state index is 10.4. The van der Waals surface area contributed by atoms with Gasteiger partial charge in [0, 0.05) is 6.21 Å². The molecule has 0 aliphatic heterocycles. The minimum Gasteiger partial charge on any atom is -0.497 e. The number of hydrogen-bond donors (Lipinski definition) is 1. The highest BCUT2D eigenvalue weighted by molar-refractivity contribution is 5.78. The predicted molar refractivity (Wildman–Crippen MR) is 79.5 cm³/mol. The van der Waals surface area contributed by atoms with Gasteiger partial charge in [0.2, 0.25) is 0 Å². The number of ether oxygens (including phenoxy) is 1. The summed E-state index contributed by atoms with van der Waals surface area (Å²) in [7, 11) is 1.60. The molecule has 1 aromatic carbocycles. The smallest absolute Gasteiger partial charge is 0.433 e. The van der Waals surface area contributed by atoms with Crippen LogP contribution in [0.25, 0.3) is 6.08 Å². The van der Waals surface area contributed by atoms with Crippen LogP contribution in [0.1, 0.15) is 5.76 Å². The molecule has 7 heteroatoms. The Morgan fingerprint density at radius 1 is 1.29 bits per heavy atom. The summed E-state index contributed by atoms with van der Waals surface area (Å²) in [5.41, 5.74) is 3.64. The monoisotopic (exact) mass is 287 g/mol. The molecular weight excluding hydrogens is 274 g/mol. The molecule has 0 radical (unpaired) electrons. The summed E-state index contributed by atoms with van der Waals surface area (Å²) in [6.07, 6.45) is 4.70. The summed E-state index contributed by atoms with van der Waals surface area (Å²) in [4.78, 5) is 9.85. The lowest BCUT2D eigenvalue weighted by molar-refractivity contribution is -0.402. The second kappa shape index (κ2) is 6.90. The maximum absolute atomic E-state index is 10.4. The predicted octanol–water partition coefficient (Wildman–Crippen LogP) is 3.31. The highest BCUT2D eigenvalue weighted by Crippen LogP contribution is 2.16.